The van der Waals surface area contributed by atoms with Crippen LogP contribution in [-0.4, -0.2) is 67.4 Å². The number of likely N-dealkylation sites (tertiary alicyclic amines) is 1. The second kappa shape index (κ2) is 11.6. The third-order valence-corrected chi connectivity index (χ3v) is 8.96. The van der Waals surface area contributed by atoms with Crippen molar-refractivity contribution in [3.05, 3.63) is 47.1 Å². The summed E-state index contributed by atoms with van der Waals surface area (Å²) in [5, 5.41) is 3.83. The lowest BCUT2D eigenvalue weighted by atomic mass is 9.93. The van der Waals surface area contributed by atoms with Crippen LogP contribution in [0.3, 0.4) is 0 Å². The van der Waals surface area contributed by atoms with Crippen LogP contribution in [0.5, 0.6) is 0 Å². The number of rotatable bonds is 7. The van der Waals surface area contributed by atoms with Crippen molar-refractivity contribution in [2.75, 3.05) is 32.8 Å². The molecular formula is C26H32FN3O6S. The summed E-state index contributed by atoms with van der Waals surface area (Å²) in [5.74, 6) is -1.35. The van der Waals surface area contributed by atoms with E-state index in [4.69, 9.17) is 9.26 Å². The van der Waals surface area contributed by atoms with Gasteiger partial charge in [-0.3, -0.25) is 9.59 Å². The van der Waals surface area contributed by atoms with E-state index in [0.717, 1.165) is 6.42 Å². The highest BCUT2D eigenvalue weighted by molar-refractivity contribution is 7.89. The highest BCUT2D eigenvalue weighted by Gasteiger charge is 2.38. The molecule has 200 valence electrons. The molecule has 0 aliphatic carbocycles. The molecule has 2 aliphatic heterocycles. The second-order valence-electron chi connectivity index (χ2n) is 9.37. The molecule has 2 aliphatic rings. The summed E-state index contributed by atoms with van der Waals surface area (Å²) in [6, 6.07) is 6.13. The molecule has 1 aromatic heterocycles. The van der Waals surface area contributed by atoms with Crippen LogP contribution in [0.15, 0.2) is 33.7 Å². The van der Waals surface area contributed by atoms with Crippen LogP contribution in [0.4, 0.5) is 4.39 Å². The van der Waals surface area contributed by atoms with E-state index >= 15 is 0 Å². The van der Waals surface area contributed by atoms with Gasteiger partial charge in [0.25, 0.3) is 0 Å². The molecule has 37 heavy (non-hydrogen) atoms. The van der Waals surface area contributed by atoms with Crippen molar-refractivity contribution in [1.29, 1.82) is 0 Å². The number of ether oxygens (including phenoxy) is 1. The van der Waals surface area contributed by atoms with Gasteiger partial charge in [0.05, 0.1) is 12.5 Å². The predicted octanol–water partition coefficient (Wildman–Crippen LogP) is 3.49. The molecule has 0 saturated carbocycles. The number of nitrogens with zero attached hydrogens (tertiary/aromatic N) is 3. The fourth-order valence-corrected chi connectivity index (χ4v) is 6.65. The first-order chi connectivity index (χ1) is 17.7. The smallest absolute Gasteiger partial charge is 0.310 e. The normalized spacial score (nSPS) is 19.9. The quantitative estimate of drug-likeness (QED) is 0.501. The van der Waals surface area contributed by atoms with Gasteiger partial charge >= 0.3 is 5.97 Å². The second-order valence-corrected chi connectivity index (χ2v) is 11.2. The number of carbonyl (C=O) groups excluding carboxylic acids is 2. The Morgan fingerprint density at radius 1 is 1.14 bits per heavy atom. The molecule has 1 aromatic carbocycles. The maximum Gasteiger partial charge on any atom is 0.310 e. The van der Waals surface area contributed by atoms with Gasteiger partial charge in [-0.15, -0.1) is 0 Å². The number of benzene rings is 1. The fourth-order valence-electron chi connectivity index (χ4n) is 4.93. The molecule has 2 aromatic rings. The van der Waals surface area contributed by atoms with Crippen LogP contribution in [0, 0.1) is 24.6 Å². The summed E-state index contributed by atoms with van der Waals surface area (Å²) >= 11 is 0. The first kappa shape index (κ1) is 27.0. The number of amides is 1. The zero-order valence-corrected chi connectivity index (χ0v) is 21.9. The number of esters is 1. The molecule has 2 fully saturated rings. The predicted molar refractivity (Wildman–Crippen MR) is 134 cm³/mol. The van der Waals surface area contributed by atoms with Gasteiger partial charge in [-0.1, -0.05) is 23.4 Å². The number of piperidine rings is 2. The number of sulfonamides is 1. The summed E-state index contributed by atoms with van der Waals surface area (Å²) in [6.45, 7) is 4.89. The first-order valence-electron chi connectivity index (χ1n) is 12.6. The number of hydrogen-bond acceptors (Lipinski definition) is 7. The van der Waals surface area contributed by atoms with Crippen molar-refractivity contribution in [1.82, 2.24) is 14.4 Å². The summed E-state index contributed by atoms with van der Waals surface area (Å²) in [6.07, 6.45) is 5.04. The van der Waals surface area contributed by atoms with Crippen molar-refractivity contribution >= 4 is 34.1 Å². The first-order valence-corrected chi connectivity index (χ1v) is 14.0. The van der Waals surface area contributed by atoms with E-state index in [1.165, 1.54) is 22.5 Å². The van der Waals surface area contributed by atoms with Crippen LogP contribution < -0.4 is 0 Å². The van der Waals surface area contributed by atoms with Gasteiger partial charge in [0, 0.05) is 37.7 Å². The van der Waals surface area contributed by atoms with Crippen molar-refractivity contribution in [3.63, 3.8) is 0 Å². The Labute approximate surface area is 216 Å². The third-order valence-electron chi connectivity index (χ3n) is 6.91. The van der Waals surface area contributed by atoms with E-state index in [1.54, 1.807) is 36.9 Å². The summed E-state index contributed by atoms with van der Waals surface area (Å²) < 4.78 is 52.7. The molecule has 1 amide bonds. The molecule has 0 N–H and O–H groups in total. The lowest BCUT2D eigenvalue weighted by Gasteiger charge is -2.36. The van der Waals surface area contributed by atoms with Crippen LogP contribution >= 0.6 is 0 Å². The lowest BCUT2D eigenvalue weighted by Crippen LogP contribution is -2.48. The van der Waals surface area contributed by atoms with Gasteiger partial charge < -0.3 is 14.2 Å². The average Bonchev–Trinajstić information content (AvgIpc) is 3.29. The third kappa shape index (κ3) is 5.93. The Bertz CT molecular complexity index is 1270. The maximum absolute atomic E-state index is 14.0. The SMILES string of the molecule is CCOC(=O)C1CCCN(C(=O)C2CCN(S(=O)(=O)c3c(C)noc3/C=C/c3ccccc3F)CC2)C1. The van der Waals surface area contributed by atoms with Crippen LogP contribution in [-0.2, 0) is 24.3 Å². The Morgan fingerprint density at radius 2 is 1.86 bits per heavy atom. The Morgan fingerprint density at radius 3 is 2.57 bits per heavy atom. The van der Waals surface area contributed by atoms with Crippen LogP contribution in [0.25, 0.3) is 12.2 Å². The Balaban J connectivity index is 1.42. The van der Waals surface area contributed by atoms with E-state index in [9.17, 15) is 22.4 Å². The highest BCUT2D eigenvalue weighted by atomic mass is 32.2. The summed E-state index contributed by atoms with van der Waals surface area (Å²) in [7, 11) is -3.95. The van der Waals surface area contributed by atoms with Gasteiger partial charge in [-0.2, -0.15) is 4.31 Å². The van der Waals surface area contributed by atoms with Crippen molar-refractivity contribution < 1.29 is 31.7 Å². The van der Waals surface area contributed by atoms with E-state index in [1.807, 2.05) is 0 Å². The van der Waals surface area contributed by atoms with Gasteiger partial charge in [0.15, 0.2) is 10.7 Å². The zero-order valence-electron chi connectivity index (χ0n) is 21.1. The topological polar surface area (TPSA) is 110 Å². The molecule has 1 atom stereocenters. The van der Waals surface area contributed by atoms with E-state index in [2.05, 4.69) is 5.16 Å². The fraction of sp³-hybridized carbons (Fsp3) is 0.500. The highest BCUT2D eigenvalue weighted by Crippen LogP contribution is 2.31. The zero-order chi connectivity index (χ0) is 26.6. The number of aryl methyl sites for hydroxylation is 1. The van der Waals surface area contributed by atoms with Gasteiger partial charge in [0.1, 0.15) is 11.5 Å². The van der Waals surface area contributed by atoms with Gasteiger partial charge in [-0.25, -0.2) is 12.8 Å². The van der Waals surface area contributed by atoms with Crippen molar-refractivity contribution in [2.24, 2.45) is 11.8 Å². The number of carbonyl (C=O) groups is 2. The monoisotopic (exact) mass is 533 g/mol. The molecule has 1 unspecified atom stereocenters. The van der Waals surface area contributed by atoms with Crippen molar-refractivity contribution in [2.45, 2.75) is 44.4 Å². The number of halogens is 1. The molecule has 11 heteroatoms. The van der Waals surface area contributed by atoms with Gasteiger partial charge in [-0.05, 0) is 57.7 Å². The van der Waals surface area contributed by atoms with Crippen LogP contribution in [0.1, 0.15) is 49.6 Å². The average molecular weight is 534 g/mol. The Kier molecular flexibility index (Phi) is 8.43. The molecule has 3 heterocycles. The minimum absolute atomic E-state index is 0.0253. The van der Waals surface area contributed by atoms with Crippen molar-refractivity contribution in [3.8, 4) is 0 Å². The number of aromatic nitrogens is 1. The molecule has 0 bridgehead atoms. The molecule has 9 nitrogen and oxygen atoms in total. The van der Waals surface area contributed by atoms with Gasteiger partial charge in [0.2, 0.25) is 15.9 Å². The molecule has 0 radical (unpaired) electrons. The van der Waals surface area contributed by atoms with Crippen LogP contribution in [0.2, 0.25) is 0 Å². The minimum atomic E-state index is -3.95. The standard InChI is InChI=1S/C26H32FN3O6S/c1-3-35-26(32)21-8-6-14-29(17-21)25(31)20-12-15-30(16-13-20)37(33,34)24-18(2)28-36-23(24)11-10-19-7-4-5-9-22(19)27/h4-5,7,9-11,20-21H,3,6,8,12-17H2,1-2H3/b11-10+. The number of hydrogen-bond donors (Lipinski definition) is 0. The molecular weight excluding hydrogens is 501 g/mol. The van der Waals surface area contributed by atoms with E-state index in [-0.39, 0.29) is 53.2 Å². The summed E-state index contributed by atoms with van der Waals surface area (Å²) in [4.78, 5) is 27.0. The lowest BCUT2D eigenvalue weighted by molar-refractivity contribution is -0.152. The summed E-state index contributed by atoms with van der Waals surface area (Å²) in [5.41, 5.74) is 0.506. The maximum atomic E-state index is 14.0. The minimum Gasteiger partial charge on any atom is -0.466 e. The Hall–Kier alpha value is -3.05. The molecule has 2 saturated heterocycles. The molecule has 0 spiro atoms. The van der Waals surface area contributed by atoms with E-state index < -0.39 is 15.8 Å². The van der Waals surface area contributed by atoms with E-state index in [0.29, 0.717) is 44.5 Å². The molecule has 4 rings (SSSR count). The largest absolute Gasteiger partial charge is 0.466 e.